The molecule has 3 aliphatic carbocycles. The highest BCUT2D eigenvalue weighted by Crippen LogP contribution is 2.55. The fourth-order valence-electron chi connectivity index (χ4n) is 4.06. The van der Waals surface area contributed by atoms with Crippen molar-refractivity contribution in [3.8, 4) is 0 Å². The van der Waals surface area contributed by atoms with Gasteiger partial charge in [0.1, 0.15) is 0 Å². The number of benzene rings is 2. The molecule has 0 fully saturated rings. The van der Waals surface area contributed by atoms with Gasteiger partial charge in [-0.15, -0.1) is 0 Å². The van der Waals surface area contributed by atoms with E-state index in [2.05, 4.69) is 54.6 Å². The molecule has 2 aromatic rings. The number of ether oxygens (including phenoxy) is 1. The molecule has 0 radical (unpaired) electrons. The van der Waals surface area contributed by atoms with Gasteiger partial charge in [0, 0.05) is 17.4 Å². The fourth-order valence-corrected chi connectivity index (χ4v) is 4.06. The van der Waals surface area contributed by atoms with E-state index < -0.39 is 0 Å². The molecule has 0 saturated carbocycles. The molecule has 110 valence electrons. The second-order valence-electron chi connectivity index (χ2n) is 6.07. The van der Waals surface area contributed by atoms with Crippen LogP contribution in [-0.2, 0) is 9.53 Å². The lowest BCUT2D eigenvalue weighted by Crippen LogP contribution is -2.30. The molecule has 3 aliphatic rings. The first kappa shape index (κ1) is 13.3. The number of rotatable bonds is 2. The van der Waals surface area contributed by atoms with E-state index in [4.69, 9.17) is 4.74 Å². The van der Waals surface area contributed by atoms with Crippen LogP contribution in [0.3, 0.4) is 0 Å². The lowest BCUT2D eigenvalue weighted by atomic mass is 9.61. The van der Waals surface area contributed by atoms with Crippen LogP contribution in [0.15, 0.2) is 66.2 Å². The molecule has 0 aromatic heterocycles. The molecule has 2 nitrogen and oxygen atoms in total. The van der Waals surface area contributed by atoms with E-state index in [0.717, 1.165) is 12.0 Å². The Balaban J connectivity index is 1.84. The van der Waals surface area contributed by atoms with E-state index in [1.54, 1.807) is 0 Å². The van der Waals surface area contributed by atoms with Crippen LogP contribution >= 0.6 is 0 Å². The maximum Gasteiger partial charge on any atom is 0.334 e. The van der Waals surface area contributed by atoms with Gasteiger partial charge in [-0.2, -0.15) is 0 Å². The van der Waals surface area contributed by atoms with Gasteiger partial charge in [0.25, 0.3) is 0 Å². The standard InChI is InChI=1S/C20H18O2/c1-22-20(21)19-12-17-14-9-5-6-10-15(14)18(19)11-16(17)13-7-3-2-4-8-13/h2-10,12,16-18H,11H2,1H3. The van der Waals surface area contributed by atoms with Crippen molar-refractivity contribution in [1.29, 1.82) is 0 Å². The molecule has 0 spiro atoms. The van der Waals surface area contributed by atoms with Crippen LogP contribution in [0.1, 0.15) is 40.9 Å². The fraction of sp³-hybridized carbons (Fsp3) is 0.250. The van der Waals surface area contributed by atoms with Gasteiger partial charge in [0.2, 0.25) is 0 Å². The average Bonchev–Trinajstić information content (AvgIpc) is 2.62. The first-order valence-corrected chi connectivity index (χ1v) is 7.73. The number of fused-ring (bicyclic) bond motifs is 1. The minimum atomic E-state index is -0.184. The predicted molar refractivity (Wildman–Crippen MR) is 85.8 cm³/mol. The average molecular weight is 290 g/mol. The highest BCUT2D eigenvalue weighted by atomic mass is 16.5. The van der Waals surface area contributed by atoms with Crippen molar-refractivity contribution in [3.63, 3.8) is 0 Å². The zero-order valence-corrected chi connectivity index (χ0v) is 12.5. The molecule has 2 heteroatoms. The monoisotopic (exact) mass is 290 g/mol. The number of methoxy groups -OCH3 is 1. The largest absolute Gasteiger partial charge is 0.466 e. The van der Waals surface area contributed by atoms with Crippen LogP contribution in [0.25, 0.3) is 0 Å². The molecular weight excluding hydrogens is 272 g/mol. The summed E-state index contributed by atoms with van der Waals surface area (Å²) in [6.07, 6.45) is 3.12. The second-order valence-corrected chi connectivity index (χ2v) is 6.07. The maximum absolute atomic E-state index is 12.1. The van der Waals surface area contributed by atoms with Crippen LogP contribution in [-0.4, -0.2) is 13.1 Å². The van der Waals surface area contributed by atoms with Gasteiger partial charge in [-0.3, -0.25) is 0 Å². The summed E-state index contributed by atoms with van der Waals surface area (Å²) in [7, 11) is 1.46. The van der Waals surface area contributed by atoms with Crippen LogP contribution in [0.5, 0.6) is 0 Å². The summed E-state index contributed by atoms with van der Waals surface area (Å²) in [5, 5.41) is 0. The zero-order chi connectivity index (χ0) is 15.1. The molecule has 0 aliphatic heterocycles. The van der Waals surface area contributed by atoms with Gasteiger partial charge in [-0.25, -0.2) is 4.79 Å². The summed E-state index contributed by atoms with van der Waals surface area (Å²) in [6, 6.07) is 19.1. The number of carbonyl (C=O) groups is 1. The van der Waals surface area contributed by atoms with Gasteiger partial charge in [0.15, 0.2) is 0 Å². The molecule has 2 aromatic carbocycles. The lowest BCUT2D eigenvalue weighted by molar-refractivity contribution is -0.136. The Morgan fingerprint density at radius 2 is 1.68 bits per heavy atom. The molecule has 0 saturated heterocycles. The van der Waals surface area contributed by atoms with Crippen molar-refractivity contribution in [1.82, 2.24) is 0 Å². The van der Waals surface area contributed by atoms with Crippen molar-refractivity contribution < 1.29 is 9.53 Å². The quantitative estimate of drug-likeness (QED) is 0.776. The third kappa shape index (κ3) is 1.91. The molecule has 0 N–H and O–H groups in total. The van der Waals surface area contributed by atoms with Gasteiger partial charge in [-0.1, -0.05) is 60.7 Å². The Hall–Kier alpha value is -2.35. The summed E-state index contributed by atoms with van der Waals surface area (Å²) < 4.78 is 4.99. The highest BCUT2D eigenvalue weighted by Gasteiger charge is 2.42. The van der Waals surface area contributed by atoms with E-state index >= 15 is 0 Å². The topological polar surface area (TPSA) is 26.3 Å². The van der Waals surface area contributed by atoms with Gasteiger partial charge >= 0.3 is 5.97 Å². The van der Waals surface area contributed by atoms with E-state index in [1.807, 2.05) is 6.07 Å². The van der Waals surface area contributed by atoms with Gasteiger partial charge in [0.05, 0.1) is 7.11 Å². The normalized spacial score (nSPS) is 25.3. The molecule has 22 heavy (non-hydrogen) atoms. The minimum Gasteiger partial charge on any atom is -0.466 e. The predicted octanol–water partition coefficient (Wildman–Crippen LogP) is 4.15. The van der Waals surface area contributed by atoms with E-state index in [1.165, 1.54) is 23.8 Å². The van der Waals surface area contributed by atoms with E-state index in [0.29, 0.717) is 5.92 Å². The maximum atomic E-state index is 12.1. The molecule has 3 atom stereocenters. The SMILES string of the molecule is COC(=O)C1=CC2c3ccccc3C1CC2c1ccccc1. The third-order valence-corrected chi connectivity index (χ3v) is 5.04. The summed E-state index contributed by atoms with van der Waals surface area (Å²) in [5.41, 5.74) is 4.84. The van der Waals surface area contributed by atoms with Crippen LogP contribution in [0.2, 0.25) is 0 Å². The molecule has 5 rings (SSSR count). The Morgan fingerprint density at radius 3 is 2.41 bits per heavy atom. The van der Waals surface area contributed by atoms with Crippen molar-refractivity contribution in [3.05, 3.63) is 82.9 Å². The van der Waals surface area contributed by atoms with Crippen LogP contribution in [0.4, 0.5) is 0 Å². The van der Waals surface area contributed by atoms with E-state index in [-0.39, 0.29) is 17.8 Å². The lowest BCUT2D eigenvalue weighted by Gasteiger charge is -2.42. The summed E-state index contributed by atoms with van der Waals surface area (Å²) in [5.74, 6) is 0.669. The van der Waals surface area contributed by atoms with Gasteiger partial charge in [-0.05, 0) is 29.0 Å². The molecule has 2 bridgehead atoms. The van der Waals surface area contributed by atoms with Gasteiger partial charge < -0.3 is 4.74 Å². The molecule has 0 amide bonds. The number of hydrogen-bond donors (Lipinski definition) is 0. The zero-order valence-electron chi connectivity index (χ0n) is 12.5. The Bertz CT molecular complexity index is 745. The molecule has 3 unspecified atom stereocenters. The Kier molecular flexibility index (Phi) is 3.11. The number of hydrogen-bond acceptors (Lipinski definition) is 2. The number of allylic oxidation sites excluding steroid dienone is 1. The van der Waals surface area contributed by atoms with Crippen molar-refractivity contribution in [2.75, 3.05) is 7.11 Å². The molecule has 0 heterocycles. The Labute approximate surface area is 130 Å². The minimum absolute atomic E-state index is 0.152. The van der Waals surface area contributed by atoms with Crippen molar-refractivity contribution in [2.45, 2.75) is 24.2 Å². The highest BCUT2D eigenvalue weighted by molar-refractivity contribution is 5.91. The summed E-state index contributed by atoms with van der Waals surface area (Å²) in [6.45, 7) is 0. The van der Waals surface area contributed by atoms with Crippen molar-refractivity contribution in [2.24, 2.45) is 0 Å². The molecular formula is C20H18O2. The smallest absolute Gasteiger partial charge is 0.334 e. The van der Waals surface area contributed by atoms with Crippen molar-refractivity contribution >= 4 is 5.97 Å². The number of carbonyl (C=O) groups excluding carboxylic acids is 1. The third-order valence-electron chi connectivity index (χ3n) is 5.04. The Morgan fingerprint density at radius 1 is 1.00 bits per heavy atom. The first-order chi connectivity index (χ1) is 10.8. The van der Waals surface area contributed by atoms with E-state index in [9.17, 15) is 4.79 Å². The second kappa shape index (κ2) is 5.13. The first-order valence-electron chi connectivity index (χ1n) is 7.73. The summed E-state index contributed by atoms with van der Waals surface area (Å²) in [4.78, 5) is 12.1. The summed E-state index contributed by atoms with van der Waals surface area (Å²) >= 11 is 0. The number of esters is 1. The van der Waals surface area contributed by atoms with Crippen LogP contribution < -0.4 is 0 Å². The van der Waals surface area contributed by atoms with Crippen LogP contribution in [0, 0.1) is 0 Å².